The molecule has 2 aromatic heterocycles. The molecule has 0 aliphatic heterocycles. The number of hydrogen-bond donors (Lipinski definition) is 1. The second-order valence-electron chi connectivity index (χ2n) is 6.26. The Kier molecular flexibility index (Phi) is 4.99. The molecule has 140 valence electrons. The van der Waals surface area contributed by atoms with E-state index in [0.29, 0.717) is 22.8 Å². The highest BCUT2D eigenvalue weighted by atomic mass is 32.1. The summed E-state index contributed by atoms with van der Waals surface area (Å²) in [6.07, 6.45) is 2.35. The number of amides is 1. The number of carbonyl (C=O) groups is 1. The molecule has 0 fully saturated rings. The quantitative estimate of drug-likeness (QED) is 0.539. The summed E-state index contributed by atoms with van der Waals surface area (Å²) in [5.74, 6) is -0.0329. The van der Waals surface area contributed by atoms with Gasteiger partial charge in [0.25, 0.3) is 5.91 Å². The molecule has 1 amide bonds. The van der Waals surface area contributed by atoms with Crippen LogP contribution >= 0.6 is 11.3 Å². The Labute approximate surface area is 165 Å². The van der Waals surface area contributed by atoms with E-state index < -0.39 is 0 Å². The Bertz CT molecular complexity index is 1100. The maximum Gasteiger partial charge on any atom is 0.268 e. The van der Waals surface area contributed by atoms with Gasteiger partial charge >= 0.3 is 0 Å². The van der Waals surface area contributed by atoms with Crippen molar-refractivity contribution in [3.8, 4) is 5.69 Å². The smallest absolute Gasteiger partial charge is 0.268 e. The minimum atomic E-state index is -0.269. The van der Waals surface area contributed by atoms with E-state index in [1.54, 1.807) is 29.1 Å². The molecule has 0 aliphatic rings. The summed E-state index contributed by atoms with van der Waals surface area (Å²) in [6, 6.07) is 17.7. The molecule has 28 heavy (non-hydrogen) atoms. The van der Waals surface area contributed by atoms with E-state index in [0.717, 1.165) is 16.3 Å². The molecule has 0 radical (unpaired) electrons. The van der Waals surface area contributed by atoms with E-state index in [9.17, 15) is 9.18 Å². The van der Waals surface area contributed by atoms with Gasteiger partial charge in [0.05, 0.1) is 16.4 Å². The first kappa shape index (κ1) is 18.1. The largest absolute Gasteiger partial charge is 0.304 e. The predicted octanol–water partition coefficient (Wildman–Crippen LogP) is 4.62. The summed E-state index contributed by atoms with van der Waals surface area (Å²) in [7, 11) is 0. The van der Waals surface area contributed by atoms with Crippen molar-refractivity contribution in [2.75, 3.05) is 5.32 Å². The van der Waals surface area contributed by atoms with Gasteiger partial charge < -0.3 is 5.32 Å². The fraction of sp³-hybridized carbons (Fsp3) is 0.0952. The molecule has 2 aromatic carbocycles. The summed E-state index contributed by atoms with van der Waals surface area (Å²) < 4.78 is 14.7. The number of nitrogens with one attached hydrogen (secondary N) is 1. The zero-order valence-corrected chi connectivity index (χ0v) is 15.9. The molecular weight excluding hydrogens is 375 g/mol. The third-order valence-electron chi connectivity index (χ3n) is 4.17. The number of hydrogen-bond acceptors (Lipinski definition) is 4. The third-order valence-corrected chi connectivity index (χ3v) is 5.32. The maximum atomic E-state index is 13.0. The summed E-state index contributed by atoms with van der Waals surface area (Å²) in [6.45, 7) is 1.81. The van der Waals surface area contributed by atoms with Crippen LogP contribution in [0.3, 0.4) is 0 Å². The molecule has 0 aliphatic carbocycles. The molecule has 7 heteroatoms. The van der Waals surface area contributed by atoms with Crippen molar-refractivity contribution in [1.82, 2.24) is 14.8 Å². The minimum Gasteiger partial charge on any atom is -0.304 e. The second-order valence-corrected chi connectivity index (χ2v) is 7.34. The molecular formula is C21H17FN4OS. The topological polar surface area (TPSA) is 59.8 Å². The fourth-order valence-corrected chi connectivity index (χ4v) is 3.80. The standard InChI is InChI=1S/C21H17FN4OS/c1-14-20(28-19(23-14)13-15-7-9-16(22)10-8-15)21(27)24-18-11-12-26(25-18)17-5-3-2-4-6-17/h2-12H,13H2,1H3,(H,24,25,27). The molecule has 2 heterocycles. The lowest BCUT2D eigenvalue weighted by atomic mass is 10.1. The summed E-state index contributed by atoms with van der Waals surface area (Å²) >= 11 is 1.34. The summed E-state index contributed by atoms with van der Waals surface area (Å²) in [4.78, 5) is 17.7. The monoisotopic (exact) mass is 392 g/mol. The van der Waals surface area contributed by atoms with Crippen molar-refractivity contribution in [3.05, 3.63) is 93.8 Å². The van der Waals surface area contributed by atoms with E-state index in [1.165, 1.54) is 23.5 Å². The van der Waals surface area contributed by atoms with Gasteiger partial charge in [-0.15, -0.1) is 11.3 Å². The van der Waals surface area contributed by atoms with Crippen LogP contribution in [0.15, 0.2) is 66.9 Å². The van der Waals surface area contributed by atoms with Crippen molar-refractivity contribution >= 4 is 23.1 Å². The zero-order chi connectivity index (χ0) is 19.5. The van der Waals surface area contributed by atoms with Gasteiger partial charge in [-0.25, -0.2) is 14.1 Å². The highest BCUT2D eigenvalue weighted by molar-refractivity contribution is 7.14. The normalized spacial score (nSPS) is 10.8. The molecule has 5 nitrogen and oxygen atoms in total. The number of benzene rings is 2. The van der Waals surface area contributed by atoms with Gasteiger partial charge in [-0.2, -0.15) is 5.10 Å². The maximum absolute atomic E-state index is 13.0. The number of anilines is 1. The van der Waals surface area contributed by atoms with Crippen LogP contribution in [0.2, 0.25) is 0 Å². The number of aryl methyl sites for hydroxylation is 1. The highest BCUT2D eigenvalue weighted by Crippen LogP contribution is 2.22. The number of carbonyl (C=O) groups excluding carboxylic acids is 1. The van der Waals surface area contributed by atoms with E-state index in [2.05, 4.69) is 15.4 Å². The van der Waals surface area contributed by atoms with Gasteiger partial charge in [-0.1, -0.05) is 30.3 Å². The SMILES string of the molecule is Cc1nc(Cc2ccc(F)cc2)sc1C(=O)Nc1ccn(-c2ccccc2)n1. The predicted molar refractivity (Wildman–Crippen MR) is 108 cm³/mol. The van der Waals surface area contributed by atoms with Gasteiger partial charge in [0.2, 0.25) is 0 Å². The number of para-hydroxylation sites is 1. The van der Waals surface area contributed by atoms with Crippen molar-refractivity contribution < 1.29 is 9.18 Å². The van der Waals surface area contributed by atoms with Crippen molar-refractivity contribution in [2.45, 2.75) is 13.3 Å². The average molecular weight is 392 g/mol. The molecule has 0 saturated carbocycles. The molecule has 0 bridgehead atoms. The van der Waals surface area contributed by atoms with E-state index >= 15 is 0 Å². The lowest BCUT2D eigenvalue weighted by Crippen LogP contribution is -2.12. The van der Waals surface area contributed by atoms with Crippen LogP contribution < -0.4 is 5.32 Å². The Morgan fingerprint density at radius 3 is 2.61 bits per heavy atom. The van der Waals surface area contributed by atoms with Crippen LogP contribution in [-0.4, -0.2) is 20.7 Å². The number of halogens is 1. The number of thiazole rings is 1. The Hall–Kier alpha value is -3.32. The Balaban J connectivity index is 1.47. The number of nitrogens with zero attached hydrogens (tertiary/aromatic N) is 3. The second kappa shape index (κ2) is 7.74. The van der Waals surface area contributed by atoms with Crippen LogP contribution in [-0.2, 0) is 6.42 Å². The molecule has 0 atom stereocenters. The molecule has 4 aromatic rings. The first-order valence-corrected chi connectivity index (χ1v) is 9.53. The average Bonchev–Trinajstić information content (AvgIpc) is 3.31. The van der Waals surface area contributed by atoms with Gasteiger partial charge in [-0.3, -0.25) is 4.79 Å². The minimum absolute atomic E-state index is 0.237. The molecule has 0 unspecified atom stereocenters. The molecule has 0 saturated heterocycles. The van der Waals surface area contributed by atoms with Gasteiger partial charge in [-0.05, 0) is 36.8 Å². The Morgan fingerprint density at radius 2 is 1.86 bits per heavy atom. The zero-order valence-electron chi connectivity index (χ0n) is 15.1. The van der Waals surface area contributed by atoms with Crippen LogP contribution in [0, 0.1) is 12.7 Å². The summed E-state index contributed by atoms with van der Waals surface area (Å²) in [5.41, 5.74) is 2.53. The number of rotatable bonds is 5. The first-order valence-electron chi connectivity index (χ1n) is 8.72. The highest BCUT2D eigenvalue weighted by Gasteiger charge is 2.17. The summed E-state index contributed by atoms with van der Waals surface area (Å²) in [5, 5.41) is 8.03. The lowest BCUT2D eigenvalue weighted by molar-refractivity contribution is 0.102. The third kappa shape index (κ3) is 3.99. The van der Waals surface area contributed by atoms with Crippen molar-refractivity contribution in [1.29, 1.82) is 0 Å². The first-order chi connectivity index (χ1) is 13.6. The van der Waals surface area contributed by atoms with Gasteiger partial charge in [0.1, 0.15) is 10.7 Å². The van der Waals surface area contributed by atoms with Crippen LogP contribution in [0.4, 0.5) is 10.2 Å². The lowest BCUT2D eigenvalue weighted by Gasteiger charge is -2.01. The molecule has 1 N–H and O–H groups in total. The van der Waals surface area contributed by atoms with Gasteiger partial charge in [0.15, 0.2) is 5.82 Å². The van der Waals surface area contributed by atoms with E-state index in [-0.39, 0.29) is 11.7 Å². The van der Waals surface area contributed by atoms with Crippen LogP contribution in [0.25, 0.3) is 5.69 Å². The van der Waals surface area contributed by atoms with Crippen LogP contribution in [0.5, 0.6) is 0 Å². The van der Waals surface area contributed by atoms with Crippen molar-refractivity contribution in [3.63, 3.8) is 0 Å². The number of aromatic nitrogens is 3. The fourth-order valence-electron chi connectivity index (χ4n) is 2.80. The molecule has 0 spiro atoms. The van der Waals surface area contributed by atoms with E-state index in [4.69, 9.17) is 0 Å². The Morgan fingerprint density at radius 1 is 1.11 bits per heavy atom. The van der Waals surface area contributed by atoms with Crippen molar-refractivity contribution in [2.24, 2.45) is 0 Å². The molecule has 4 rings (SSSR count). The van der Waals surface area contributed by atoms with Crippen LogP contribution in [0.1, 0.15) is 25.9 Å². The van der Waals surface area contributed by atoms with E-state index in [1.807, 2.05) is 37.3 Å². The van der Waals surface area contributed by atoms with Gasteiger partial charge in [0, 0.05) is 18.7 Å².